The van der Waals surface area contributed by atoms with Gasteiger partial charge >= 0.3 is 5.97 Å². The van der Waals surface area contributed by atoms with Crippen LogP contribution in [0.3, 0.4) is 0 Å². The fraction of sp³-hybridized carbons (Fsp3) is 0.125. The summed E-state index contributed by atoms with van der Waals surface area (Å²) in [6.07, 6.45) is 0. The minimum absolute atomic E-state index is 0.133. The van der Waals surface area contributed by atoms with E-state index in [1.807, 2.05) is 25.1 Å². The first kappa shape index (κ1) is 21.3. The predicted molar refractivity (Wildman–Crippen MR) is 115 cm³/mol. The molecule has 0 bridgehead atoms. The van der Waals surface area contributed by atoms with Gasteiger partial charge in [0, 0.05) is 16.1 Å². The Labute approximate surface area is 179 Å². The Bertz CT molecular complexity index is 1030. The van der Waals surface area contributed by atoms with E-state index in [-0.39, 0.29) is 17.4 Å². The third-order valence-electron chi connectivity index (χ3n) is 4.50. The molecule has 152 valence electrons. The normalized spacial score (nSPS) is 11.4. The van der Waals surface area contributed by atoms with Gasteiger partial charge < -0.3 is 10.1 Å². The average molecular weight is 422 g/mol. The van der Waals surface area contributed by atoms with Gasteiger partial charge in [0.25, 0.3) is 5.91 Å². The quantitative estimate of drug-likeness (QED) is 0.447. The number of benzene rings is 3. The van der Waals surface area contributed by atoms with E-state index in [2.05, 4.69) is 5.32 Å². The van der Waals surface area contributed by atoms with Crippen molar-refractivity contribution in [3.63, 3.8) is 0 Å². The van der Waals surface area contributed by atoms with Crippen LogP contribution in [0.25, 0.3) is 0 Å². The summed E-state index contributed by atoms with van der Waals surface area (Å²) < 4.78 is 5.07. The molecular weight excluding hydrogens is 402 g/mol. The molecule has 0 aliphatic carbocycles. The standard InChI is InChI=1S/C24H20ClNO4/c1-16(17-11-13-21(25)14-12-17)26-22(27)15-30-24(29)20-9-7-19(8-10-20)23(28)18-5-3-2-4-6-18/h2-14,16H,15H2,1H3,(H,26,27)/t16-/m1/s1. The van der Waals surface area contributed by atoms with Crippen LogP contribution in [0.4, 0.5) is 0 Å². The van der Waals surface area contributed by atoms with Crippen LogP contribution in [-0.4, -0.2) is 24.3 Å². The fourth-order valence-electron chi connectivity index (χ4n) is 2.85. The first-order chi connectivity index (χ1) is 14.4. The molecule has 3 aromatic rings. The summed E-state index contributed by atoms with van der Waals surface area (Å²) in [5.41, 5.74) is 2.18. The van der Waals surface area contributed by atoms with Gasteiger partial charge in [-0.05, 0) is 36.8 Å². The highest BCUT2D eigenvalue weighted by molar-refractivity contribution is 6.30. The van der Waals surface area contributed by atoms with Crippen LogP contribution < -0.4 is 5.32 Å². The lowest BCUT2D eigenvalue weighted by atomic mass is 10.0. The largest absolute Gasteiger partial charge is 0.452 e. The molecule has 30 heavy (non-hydrogen) atoms. The first-order valence-corrected chi connectivity index (χ1v) is 9.73. The van der Waals surface area contributed by atoms with E-state index in [4.69, 9.17) is 16.3 Å². The smallest absolute Gasteiger partial charge is 0.338 e. The second-order valence-corrected chi connectivity index (χ2v) is 7.13. The minimum atomic E-state index is -0.636. The summed E-state index contributed by atoms with van der Waals surface area (Å²) in [4.78, 5) is 36.7. The lowest BCUT2D eigenvalue weighted by molar-refractivity contribution is -0.124. The van der Waals surface area contributed by atoms with Gasteiger partial charge in [-0.15, -0.1) is 0 Å². The number of nitrogens with one attached hydrogen (secondary N) is 1. The Balaban J connectivity index is 1.52. The molecule has 0 aliphatic heterocycles. The van der Waals surface area contributed by atoms with E-state index in [0.29, 0.717) is 16.1 Å². The second kappa shape index (κ2) is 9.85. The van der Waals surface area contributed by atoms with Crippen molar-refractivity contribution in [2.45, 2.75) is 13.0 Å². The lowest BCUT2D eigenvalue weighted by Crippen LogP contribution is -2.31. The molecule has 0 aromatic heterocycles. The zero-order valence-electron chi connectivity index (χ0n) is 16.3. The van der Waals surface area contributed by atoms with Crippen LogP contribution >= 0.6 is 11.6 Å². The molecule has 0 fully saturated rings. The van der Waals surface area contributed by atoms with Crippen LogP contribution in [0.15, 0.2) is 78.9 Å². The van der Waals surface area contributed by atoms with Gasteiger partial charge in [-0.3, -0.25) is 9.59 Å². The van der Waals surface area contributed by atoms with Crippen molar-refractivity contribution in [1.82, 2.24) is 5.32 Å². The number of carbonyl (C=O) groups is 3. The molecule has 0 heterocycles. The molecule has 1 amide bonds. The number of ether oxygens (including phenoxy) is 1. The van der Waals surface area contributed by atoms with Crippen molar-refractivity contribution >= 4 is 29.3 Å². The zero-order valence-corrected chi connectivity index (χ0v) is 17.1. The highest BCUT2D eigenvalue weighted by Crippen LogP contribution is 2.16. The maximum absolute atomic E-state index is 12.4. The van der Waals surface area contributed by atoms with Gasteiger partial charge in [-0.1, -0.05) is 66.2 Å². The summed E-state index contributed by atoms with van der Waals surface area (Å²) >= 11 is 5.86. The minimum Gasteiger partial charge on any atom is -0.452 e. The number of hydrogen-bond acceptors (Lipinski definition) is 4. The second-order valence-electron chi connectivity index (χ2n) is 6.69. The lowest BCUT2D eigenvalue weighted by Gasteiger charge is -2.14. The van der Waals surface area contributed by atoms with E-state index >= 15 is 0 Å². The molecule has 0 aliphatic rings. The van der Waals surface area contributed by atoms with Gasteiger partial charge in [-0.2, -0.15) is 0 Å². The van der Waals surface area contributed by atoms with E-state index < -0.39 is 18.5 Å². The molecule has 1 atom stereocenters. The van der Waals surface area contributed by atoms with E-state index in [1.54, 1.807) is 48.5 Å². The molecule has 0 unspecified atom stereocenters. The van der Waals surface area contributed by atoms with Crippen molar-refractivity contribution in [2.24, 2.45) is 0 Å². The molecule has 6 heteroatoms. The van der Waals surface area contributed by atoms with Gasteiger partial charge in [0.1, 0.15) is 0 Å². The van der Waals surface area contributed by atoms with Gasteiger partial charge in [-0.25, -0.2) is 4.79 Å². The molecule has 0 radical (unpaired) electrons. The van der Waals surface area contributed by atoms with Crippen LogP contribution in [-0.2, 0) is 9.53 Å². The fourth-order valence-corrected chi connectivity index (χ4v) is 2.97. The van der Waals surface area contributed by atoms with Crippen molar-refractivity contribution in [2.75, 3.05) is 6.61 Å². The SMILES string of the molecule is C[C@@H](NC(=O)COC(=O)c1ccc(C(=O)c2ccccc2)cc1)c1ccc(Cl)cc1. The molecular formula is C24H20ClNO4. The number of rotatable bonds is 7. The Morgan fingerprint density at radius 1 is 0.833 bits per heavy atom. The van der Waals surface area contributed by atoms with Crippen LogP contribution in [0, 0.1) is 0 Å². The number of halogens is 1. The van der Waals surface area contributed by atoms with Crippen LogP contribution in [0.1, 0.15) is 44.8 Å². The highest BCUT2D eigenvalue weighted by Gasteiger charge is 2.14. The summed E-state index contributed by atoms with van der Waals surface area (Å²) in [5.74, 6) is -1.18. The average Bonchev–Trinajstić information content (AvgIpc) is 2.78. The monoisotopic (exact) mass is 421 g/mol. The third-order valence-corrected chi connectivity index (χ3v) is 4.75. The van der Waals surface area contributed by atoms with Crippen molar-refractivity contribution in [1.29, 1.82) is 0 Å². The maximum Gasteiger partial charge on any atom is 0.338 e. The van der Waals surface area contributed by atoms with E-state index in [0.717, 1.165) is 5.56 Å². The number of esters is 1. The van der Waals surface area contributed by atoms with Crippen molar-refractivity contribution in [3.8, 4) is 0 Å². The summed E-state index contributed by atoms with van der Waals surface area (Å²) in [6, 6.07) is 21.9. The molecule has 0 saturated carbocycles. The molecule has 3 rings (SSSR count). The third kappa shape index (κ3) is 5.55. The number of hydrogen-bond donors (Lipinski definition) is 1. The predicted octanol–water partition coefficient (Wildman–Crippen LogP) is 4.61. The van der Waals surface area contributed by atoms with Crippen LogP contribution in [0.2, 0.25) is 5.02 Å². The van der Waals surface area contributed by atoms with E-state index in [1.165, 1.54) is 12.1 Å². The van der Waals surface area contributed by atoms with Crippen LogP contribution in [0.5, 0.6) is 0 Å². The zero-order chi connectivity index (χ0) is 21.5. The van der Waals surface area contributed by atoms with Crippen molar-refractivity contribution < 1.29 is 19.1 Å². The number of carbonyl (C=O) groups excluding carboxylic acids is 3. The molecule has 0 spiro atoms. The first-order valence-electron chi connectivity index (χ1n) is 9.36. The molecule has 5 nitrogen and oxygen atoms in total. The number of amides is 1. The number of ketones is 1. The Morgan fingerprint density at radius 2 is 1.40 bits per heavy atom. The molecule has 0 saturated heterocycles. The summed E-state index contributed by atoms with van der Waals surface area (Å²) in [6.45, 7) is 1.42. The molecule has 3 aromatic carbocycles. The maximum atomic E-state index is 12.4. The Kier molecular flexibility index (Phi) is 6.99. The van der Waals surface area contributed by atoms with Gasteiger partial charge in [0.15, 0.2) is 12.4 Å². The summed E-state index contributed by atoms with van der Waals surface area (Å²) in [7, 11) is 0. The Morgan fingerprint density at radius 3 is 2.03 bits per heavy atom. The van der Waals surface area contributed by atoms with E-state index in [9.17, 15) is 14.4 Å². The highest BCUT2D eigenvalue weighted by atomic mass is 35.5. The topological polar surface area (TPSA) is 72.5 Å². The van der Waals surface area contributed by atoms with Gasteiger partial charge in [0.2, 0.25) is 0 Å². The Hall–Kier alpha value is -3.44. The van der Waals surface area contributed by atoms with Crippen molar-refractivity contribution in [3.05, 3.63) is 106 Å². The summed E-state index contributed by atoms with van der Waals surface area (Å²) in [5, 5.41) is 3.37. The molecule has 1 N–H and O–H groups in total. The van der Waals surface area contributed by atoms with Gasteiger partial charge in [0.05, 0.1) is 11.6 Å².